The molecular weight excluding hydrogens is 540 g/mol. The molecule has 0 bridgehead atoms. The molecule has 0 radical (unpaired) electrons. The van der Waals surface area contributed by atoms with Crippen molar-refractivity contribution in [1.82, 2.24) is 10.6 Å². The van der Waals surface area contributed by atoms with Gasteiger partial charge in [0.1, 0.15) is 13.2 Å². The third-order valence-corrected chi connectivity index (χ3v) is 10.4. The van der Waals surface area contributed by atoms with Gasteiger partial charge in [-0.2, -0.15) is 0 Å². The zero-order valence-electron chi connectivity index (χ0n) is 26.4. The number of nitrogens with zero attached hydrogens (tertiary/aromatic N) is 2. The molecule has 0 heterocycles. The van der Waals surface area contributed by atoms with E-state index in [2.05, 4.69) is 29.8 Å². The van der Waals surface area contributed by atoms with Crippen LogP contribution in [0.2, 0.25) is 0 Å². The van der Waals surface area contributed by atoms with Crippen LogP contribution >= 0.6 is 0 Å². The molecule has 0 saturated heterocycles. The molecule has 0 aromatic heterocycles. The van der Waals surface area contributed by atoms with E-state index in [-0.39, 0.29) is 37.5 Å². The van der Waals surface area contributed by atoms with Gasteiger partial charge in [0.2, 0.25) is 0 Å². The first-order valence-electron chi connectivity index (χ1n) is 17.2. The summed E-state index contributed by atoms with van der Waals surface area (Å²) in [5.41, 5.74) is 0. The number of hydrogen-bond acceptors (Lipinski definition) is 6. The molecule has 0 atom stereocenters. The maximum Gasteiger partial charge on any atom is 0.407 e. The number of ether oxygens (including phenoxy) is 2. The summed E-state index contributed by atoms with van der Waals surface area (Å²) >= 11 is 0. The second-order valence-electron chi connectivity index (χ2n) is 13.7. The molecule has 43 heavy (non-hydrogen) atoms. The highest BCUT2D eigenvalue weighted by Gasteiger charge is 2.29. The van der Waals surface area contributed by atoms with Gasteiger partial charge in [-0.05, 0) is 139 Å². The van der Waals surface area contributed by atoms with Crippen LogP contribution < -0.4 is 10.6 Å². The van der Waals surface area contributed by atoms with E-state index in [1.54, 1.807) is 12.2 Å². The van der Waals surface area contributed by atoms with Crippen LogP contribution in [0, 0.1) is 23.7 Å². The van der Waals surface area contributed by atoms with Crippen molar-refractivity contribution >= 4 is 18.2 Å². The number of aliphatic imine (C=N–C) groups is 2. The predicted molar refractivity (Wildman–Crippen MR) is 171 cm³/mol. The zero-order chi connectivity index (χ0) is 30.3. The Labute approximate surface area is 259 Å². The summed E-state index contributed by atoms with van der Waals surface area (Å²) in [5.74, 6) is 3.20. The van der Waals surface area contributed by atoms with Crippen LogP contribution in [0.1, 0.15) is 116 Å². The van der Waals surface area contributed by atoms with Crippen molar-refractivity contribution in [2.24, 2.45) is 33.7 Å². The lowest BCUT2D eigenvalue weighted by Crippen LogP contribution is -2.38. The number of carbonyl (C=O) groups excluding carboxylic acids is 2. The monoisotopic (exact) mass is 596 g/mol. The molecule has 0 aromatic rings. The van der Waals surface area contributed by atoms with Crippen LogP contribution in [0.15, 0.2) is 35.3 Å². The molecule has 2 amide bonds. The van der Waals surface area contributed by atoms with Crippen molar-refractivity contribution in [3.63, 3.8) is 0 Å². The first kappa shape index (κ1) is 33.3. The number of carbonyl (C=O) groups is 2. The van der Waals surface area contributed by atoms with Crippen molar-refractivity contribution in [1.29, 1.82) is 0 Å². The van der Waals surface area contributed by atoms with Crippen molar-refractivity contribution in [3.05, 3.63) is 25.3 Å². The quantitative estimate of drug-likeness (QED) is 0.176. The van der Waals surface area contributed by atoms with Gasteiger partial charge in [-0.1, -0.05) is 25.3 Å². The second kappa shape index (κ2) is 18.3. The SMILES string of the molecule is C=CCOC(=O)NC1CCC(CC2CCC(N=C=NC3CCC(CC4CCC(NC(=O)OCC=C)CC4)CC3)CC2)CC1. The van der Waals surface area contributed by atoms with E-state index in [9.17, 15) is 9.59 Å². The minimum atomic E-state index is -0.316. The van der Waals surface area contributed by atoms with Gasteiger partial charge in [0, 0.05) is 12.1 Å². The van der Waals surface area contributed by atoms with Gasteiger partial charge in [0.05, 0.1) is 18.1 Å². The molecule has 240 valence electrons. The van der Waals surface area contributed by atoms with Crippen molar-refractivity contribution in [2.45, 2.75) is 140 Å². The Hall–Kier alpha value is -2.60. The average Bonchev–Trinajstić information content (AvgIpc) is 3.02. The fraction of sp³-hybridized carbons (Fsp3) is 0.800. The van der Waals surface area contributed by atoms with Gasteiger partial charge < -0.3 is 20.1 Å². The third-order valence-electron chi connectivity index (χ3n) is 10.4. The number of amides is 2. The van der Waals surface area contributed by atoms with Crippen molar-refractivity contribution < 1.29 is 19.1 Å². The highest BCUT2D eigenvalue weighted by Crippen LogP contribution is 2.37. The smallest absolute Gasteiger partial charge is 0.407 e. The lowest BCUT2D eigenvalue weighted by molar-refractivity contribution is 0.145. The summed E-state index contributed by atoms with van der Waals surface area (Å²) in [6.07, 6.45) is 24.0. The molecule has 0 aliphatic heterocycles. The summed E-state index contributed by atoms with van der Waals surface area (Å²) in [6.45, 7) is 7.69. The molecule has 0 aromatic carbocycles. The fourth-order valence-electron chi connectivity index (χ4n) is 7.93. The number of rotatable bonds is 12. The second-order valence-corrected chi connectivity index (χ2v) is 13.7. The maximum atomic E-state index is 11.8. The minimum Gasteiger partial charge on any atom is -0.445 e. The molecule has 4 saturated carbocycles. The lowest BCUT2D eigenvalue weighted by Gasteiger charge is -2.33. The third kappa shape index (κ3) is 12.1. The molecular formula is C35H56N4O4. The van der Waals surface area contributed by atoms with Crippen LogP contribution in [-0.4, -0.2) is 55.6 Å². The van der Waals surface area contributed by atoms with Crippen LogP contribution in [0.4, 0.5) is 9.59 Å². The van der Waals surface area contributed by atoms with Gasteiger partial charge in [-0.25, -0.2) is 19.6 Å². The molecule has 4 fully saturated rings. The summed E-state index contributed by atoms with van der Waals surface area (Å²) in [4.78, 5) is 33.1. The van der Waals surface area contributed by atoms with E-state index in [1.165, 1.54) is 89.9 Å². The first-order valence-corrected chi connectivity index (χ1v) is 17.2. The standard InChI is InChI=1S/C35H56N4O4/c1-3-21-42-34(40)38-32-17-9-28(10-18-32)23-26-5-13-30(14-6-26)36-25-37-31-15-7-27(8-16-31)24-29-11-19-33(20-12-29)39-35(41)43-22-4-2/h3-4,26-33H,1-2,5-24H2,(H,38,40)(H,39,41). The fourth-order valence-corrected chi connectivity index (χ4v) is 7.93. The van der Waals surface area contributed by atoms with Crippen molar-refractivity contribution in [2.75, 3.05) is 13.2 Å². The van der Waals surface area contributed by atoms with E-state index in [4.69, 9.17) is 19.5 Å². The van der Waals surface area contributed by atoms with Gasteiger partial charge in [0.15, 0.2) is 0 Å². The van der Waals surface area contributed by atoms with E-state index in [0.29, 0.717) is 12.1 Å². The predicted octanol–water partition coefficient (Wildman–Crippen LogP) is 8.00. The highest BCUT2D eigenvalue weighted by molar-refractivity contribution is 5.68. The maximum absolute atomic E-state index is 11.8. The Bertz CT molecular complexity index is 859. The van der Waals surface area contributed by atoms with Gasteiger partial charge in [-0.15, -0.1) is 0 Å². The molecule has 0 unspecified atom stereocenters. The molecule has 0 spiro atoms. The normalized spacial score (nSPS) is 32.7. The Morgan fingerprint density at radius 1 is 0.581 bits per heavy atom. The molecule has 2 N–H and O–H groups in total. The lowest BCUT2D eigenvalue weighted by atomic mass is 9.76. The minimum absolute atomic E-state index is 0.253. The molecule has 8 heteroatoms. The van der Waals surface area contributed by atoms with Gasteiger partial charge in [-0.3, -0.25) is 0 Å². The van der Waals surface area contributed by atoms with Gasteiger partial charge >= 0.3 is 12.2 Å². The zero-order valence-corrected chi connectivity index (χ0v) is 26.4. The summed E-state index contributed by atoms with van der Waals surface area (Å²) < 4.78 is 10.1. The average molecular weight is 597 g/mol. The van der Waals surface area contributed by atoms with Crippen LogP contribution in [0.25, 0.3) is 0 Å². The molecule has 8 nitrogen and oxygen atoms in total. The highest BCUT2D eigenvalue weighted by atomic mass is 16.6. The molecule has 4 aliphatic rings. The Morgan fingerprint density at radius 3 is 1.23 bits per heavy atom. The summed E-state index contributed by atoms with van der Waals surface area (Å²) in [5, 5.41) is 6.01. The molecule has 4 rings (SSSR count). The van der Waals surface area contributed by atoms with E-state index in [0.717, 1.165) is 49.4 Å². The van der Waals surface area contributed by atoms with Crippen LogP contribution in [0.5, 0.6) is 0 Å². The van der Waals surface area contributed by atoms with E-state index >= 15 is 0 Å². The van der Waals surface area contributed by atoms with Crippen molar-refractivity contribution in [3.8, 4) is 0 Å². The Balaban J connectivity index is 1.04. The van der Waals surface area contributed by atoms with Gasteiger partial charge in [0.25, 0.3) is 0 Å². The van der Waals surface area contributed by atoms with Crippen LogP contribution in [0.3, 0.4) is 0 Å². The largest absolute Gasteiger partial charge is 0.445 e. The topological polar surface area (TPSA) is 101 Å². The van der Waals surface area contributed by atoms with E-state index < -0.39 is 0 Å². The van der Waals surface area contributed by atoms with E-state index in [1.807, 2.05) is 0 Å². The number of nitrogens with one attached hydrogen (secondary N) is 2. The molecule has 4 aliphatic carbocycles. The Kier molecular flexibility index (Phi) is 14.1. The Morgan fingerprint density at radius 2 is 0.907 bits per heavy atom. The first-order chi connectivity index (χ1) is 21.0. The number of alkyl carbamates (subject to hydrolysis) is 2. The number of hydrogen-bond donors (Lipinski definition) is 2. The summed E-state index contributed by atoms with van der Waals surface area (Å²) in [7, 11) is 0. The van der Waals surface area contributed by atoms with Crippen LogP contribution in [-0.2, 0) is 9.47 Å². The summed E-state index contributed by atoms with van der Waals surface area (Å²) in [6, 6.07) is 4.43.